The summed E-state index contributed by atoms with van der Waals surface area (Å²) in [5.41, 5.74) is 1.79. The minimum Gasteiger partial charge on any atom is -0.364 e. The predicted molar refractivity (Wildman–Crippen MR) is 121 cm³/mol. The SMILES string of the molecule is O=C(CNc1nc(-c2cc(-c3ccon3)n(Cc3ccccc3F)n2)ncc1F)NSC1CC1. The second kappa shape index (κ2) is 9.59. The van der Waals surface area contributed by atoms with Crippen LogP contribution in [-0.2, 0) is 11.3 Å². The van der Waals surface area contributed by atoms with E-state index in [1.54, 1.807) is 35.0 Å². The topological polar surface area (TPSA) is 111 Å². The second-order valence-electron chi connectivity index (χ2n) is 7.63. The number of nitrogens with zero attached hydrogens (tertiary/aromatic N) is 5. The molecule has 4 aromatic rings. The average Bonchev–Trinajstić information content (AvgIpc) is 3.33. The number of anilines is 1. The molecule has 0 atom stereocenters. The molecule has 1 fully saturated rings. The van der Waals surface area contributed by atoms with Crippen LogP contribution in [0.3, 0.4) is 0 Å². The minimum atomic E-state index is -0.700. The van der Waals surface area contributed by atoms with Crippen LogP contribution in [0.4, 0.5) is 14.6 Å². The Morgan fingerprint density at radius 3 is 2.79 bits per heavy atom. The molecule has 12 heteroatoms. The van der Waals surface area contributed by atoms with Crippen molar-refractivity contribution in [1.29, 1.82) is 0 Å². The highest BCUT2D eigenvalue weighted by Gasteiger charge is 2.23. The molecular formula is C22H19F2N7O2S. The highest BCUT2D eigenvalue weighted by atomic mass is 32.2. The van der Waals surface area contributed by atoms with Gasteiger partial charge in [-0.1, -0.05) is 23.4 Å². The maximum Gasteiger partial charge on any atom is 0.249 e. The van der Waals surface area contributed by atoms with Crippen LogP contribution in [0.15, 0.2) is 53.4 Å². The van der Waals surface area contributed by atoms with Crippen molar-refractivity contribution in [3.05, 3.63) is 66.1 Å². The molecule has 5 rings (SSSR count). The minimum absolute atomic E-state index is 0.122. The zero-order valence-electron chi connectivity index (χ0n) is 17.7. The van der Waals surface area contributed by atoms with Crippen molar-refractivity contribution in [2.45, 2.75) is 24.6 Å². The van der Waals surface area contributed by atoms with Crippen LogP contribution in [0.2, 0.25) is 0 Å². The molecule has 9 nitrogen and oxygen atoms in total. The van der Waals surface area contributed by atoms with Gasteiger partial charge in [-0.25, -0.2) is 18.7 Å². The van der Waals surface area contributed by atoms with Crippen molar-refractivity contribution in [2.75, 3.05) is 11.9 Å². The first-order valence-corrected chi connectivity index (χ1v) is 11.4. The Hall–Kier alpha value is -3.80. The molecule has 0 aliphatic heterocycles. The molecule has 0 saturated heterocycles. The third kappa shape index (κ3) is 5.06. The molecule has 0 bridgehead atoms. The first kappa shape index (κ1) is 22.0. The van der Waals surface area contributed by atoms with Gasteiger partial charge in [-0.05, 0) is 36.9 Å². The Labute approximate surface area is 197 Å². The summed E-state index contributed by atoms with van der Waals surface area (Å²) in [6.07, 6.45) is 4.59. The fourth-order valence-electron chi connectivity index (χ4n) is 3.13. The van der Waals surface area contributed by atoms with Gasteiger partial charge in [0.25, 0.3) is 0 Å². The van der Waals surface area contributed by atoms with Gasteiger partial charge >= 0.3 is 0 Å². The standard InChI is InChI=1S/C22H19F2N7O2S/c23-15-4-2-1-3-13(15)12-31-19(17-7-8-33-29-17)9-18(28-31)22-25-10-16(24)21(27-22)26-11-20(32)30-34-14-5-6-14/h1-4,7-10,14H,5-6,11-12H2,(H,30,32)(H,25,26,27). The van der Waals surface area contributed by atoms with E-state index in [1.165, 1.54) is 24.3 Å². The highest BCUT2D eigenvalue weighted by molar-refractivity contribution is 7.98. The van der Waals surface area contributed by atoms with E-state index in [9.17, 15) is 13.6 Å². The number of hydrogen-bond donors (Lipinski definition) is 2. The number of carbonyl (C=O) groups is 1. The molecule has 1 aromatic carbocycles. The lowest BCUT2D eigenvalue weighted by molar-refractivity contribution is -0.117. The van der Waals surface area contributed by atoms with E-state index in [2.05, 4.69) is 30.3 Å². The van der Waals surface area contributed by atoms with Crippen molar-refractivity contribution in [3.8, 4) is 22.9 Å². The van der Waals surface area contributed by atoms with Crippen molar-refractivity contribution in [2.24, 2.45) is 0 Å². The molecule has 2 N–H and O–H groups in total. The van der Waals surface area contributed by atoms with Crippen LogP contribution in [-0.4, -0.2) is 42.6 Å². The molecule has 0 unspecified atom stereocenters. The van der Waals surface area contributed by atoms with E-state index in [-0.39, 0.29) is 36.5 Å². The maximum absolute atomic E-state index is 14.3. The Morgan fingerprint density at radius 1 is 1.18 bits per heavy atom. The van der Waals surface area contributed by atoms with Gasteiger partial charge in [-0.2, -0.15) is 5.10 Å². The van der Waals surface area contributed by atoms with Crippen molar-refractivity contribution in [1.82, 2.24) is 29.6 Å². The average molecular weight is 484 g/mol. The number of halogens is 2. The van der Waals surface area contributed by atoms with Crippen molar-refractivity contribution >= 4 is 23.7 Å². The number of amides is 1. The number of aromatic nitrogens is 5. The van der Waals surface area contributed by atoms with Crippen LogP contribution in [0.5, 0.6) is 0 Å². The third-order valence-corrected chi connectivity index (χ3v) is 6.16. The Morgan fingerprint density at radius 2 is 2.03 bits per heavy atom. The molecule has 1 aliphatic carbocycles. The molecular weight excluding hydrogens is 464 g/mol. The van der Waals surface area contributed by atoms with E-state index in [0.29, 0.717) is 27.9 Å². The highest BCUT2D eigenvalue weighted by Crippen LogP contribution is 2.31. The molecule has 3 heterocycles. The second-order valence-corrected chi connectivity index (χ2v) is 8.74. The lowest BCUT2D eigenvalue weighted by Gasteiger charge is -2.08. The molecule has 1 amide bonds. The Bertz CT molecular complexity index is 1310. The van der Waals surface area contributed by atoms with Gasteiger partial charge in [0.15, 0.2) is 17.5 Å². The lowest BCUT2D eigenvalue weighted by Crippen LogP contribution is -2.26. The van der Waals surface area contributed by atoms with Crippen LogP contribution >= 0.6 is 11.9 Å². The van der Waals surface area contributed by atoms with E-state index in [4.69, 9.17) is 4.52 Å². The van der Waals surface area contributed by atoms with E-state index >= 15 is 0 Å². The van der Waals surface area contributed by atoms with Crippen LogP contribution < -0.4 is 10.0 Å². The van der Waals surface area contributed by atoms with E-state index < -0.39 is 5.82 Å². The smallest absolute Gasteiger partial charge is 0.249 e. The molecule has 3 aromatic heterocycles. The van der Waals surface area contributed by atoms with Gasteiger partial charge in [0.05, 0.1) is 25.0 Å². The summed E-state index contributed by atoms with van der Waals surface area (Å²) in [7, 11) is 0. The molecule has 1 saturated carbocycles. The Balaban J connectivity index is 1.40. The lowest BCUT2D eigenvalue weighted by atomic mass is 10.2. The van der Waals surface area contributed by atoms with Crippen molar-refractivity contribution in [3.63, 3.8) is 0 Å². The van der Waals surface area contributed by atoms with Crippen LogP contribution in [0.1, 0.15) is 18.4 Å². The number of rotatable bonds is 9. The summed E-state index contributed by atoms with van der Waals surface area (Å²) in [6.45, 7) is -0.0149. The van der Waals surface area contributed by atoms with Gasteiger partial charge in [0.2, 0.25) is 5.91 Å². The summed E-state index contributed by atoms with van der Waals surface area (Å²) >= 11 is 1.38. The van der Waals surface area contributed by atoms with Gasteiger partial charge in [-0.3, -0.25) is 14.2 Å². The maximum atomic E-state index is 14.3. The number of nitrogens with one attached hydrogen (secondary N) is 2. The number of carbonyl (C=O) groups excluding carboxylic acids is 1. The van der Waals surface area contributed by atoms with Gasteiger partial charge in [-0.15, -0.1) is 0 Å². The fourth-order valence-corrected chi connectivity index (χ4v) is 3.88. The monoisotopic (exact) mass is 483 g/mol. The predicted octanol–water partition coefficient (Wildman–Crippen LogP) is 3.66. The molecule has 1 aliphatic rings. The summed E-state index contributed by atoms with van der Waals surface area (Å²) in [5, 5.41) is 11.6. The van der Waals surface area contributed by atoms with Gasteiger partial charge in [0.1, 0.15) is 23.5 Å². The summed E-state index contributed by atoms with van der Waals surface area (Å²) in [5.74, 6) is -1.34. The Kier molecular flexibility index (Phi) is 6.21. The molecule has 0 spiro atoms. The van der Waals surface area contributed by atoms with Gasteiger partial charge < -0.3 is 9.84 Å². The number of hydrogen-bond acceptors (Lipinski definition) is 8. The largest absolute Gasteiger partial charge is 0.364 e. The number of benzene rings is 1. The quantitative estimate of drug-likeness (QED) is 0.347. The molecule has 34 heavy (non-hydrogen) atoms. The first-order valence-electron chi connectivity index (χ1n) is 10.5. The summed E-state index contributed by atoms with van der Waals surface area (Å²) < 4.78 is 37.7. The molecule has 174 valence electrons. The van der Waals surface area contributed by atoms with Gasteiger partial charge in [0, 0.05) is 16.9 Å². The zero-order valence-corrected chi connectivity index (χ0v) is 18.6. The fraction of sp³-hybridized carbons (Fsp3) is 0.227. The first-order chi connectivity index (χ1) is 16.6. The van der Waals surface area contributed by atoms with Crippen LogP contribution in [0, 0.1) is 11.6 Å². The zero-order chi connectivity index (χ0) is 23.5. The van der Waals surface area contributed by atoms with Crippen molar-refractivity contribution < 1.29 is 18.1 Å². The van der Waals surface area contributed by atoms with Crippen LogP contribution in [0.25, 0.3) is 22.9 Å². The third-order valence-electron chi connectivity index (χ3n) is 5.01. The molecule has 0 radical (unpaired) electrons. The van der Waals surface area contributed by atoms with E-state index in [0.717, 1.165) is 19.0 Å². The summed E-state index contributed by atoms with van der Waals surface area (Å²) in [4.78, 5) is 20.2. The van der Waals surface area contributed by atoms with E-state index in [1.807, 2.05) is 0 Å². The normalized spacial score (nSPS) is 13.1. The summed E-state index contributed by atoms with van der Waals surface area (Å²) in [6, 6.07) is 9.68.